The summed E-state index contributed by atoms with van der Waals surface area (Å²) in [6, 6.07) is 13.3. The predicted molar refractivity (Wildman–Crippen MR) is 85.5 cm³/mol. The molecule has 1 aliphatic heterocycles. The van der Waals surface area contributed by atoms with E-state index in [-0.39, 0.29) is 10.7 Å². The molecule has 0 aliphatic carbocycles. The number of ketones is 1. The van der Waals surface area contributed by atoms with Gasteiger partial charge in [0.15, 0.2) is 5.78 Å². The van der Waals surface area contributed by atoms with Crippen molar-refractivity contribution in [2.24, 2.45) is 0 Å². The Morgan fingerprint density at radius 1 is 1.09 bits per heavy atom. The first-order valence-corrected chi connectivity index (χ1v) is 8.55. The number of nitrogens with zero attached hydrogens (tertiary/aromatic N) is 1. The van der Waals surface area contributed by atoms with Crippen LogP contribution in [0.5, 0.6) is 0 Å². The summed E-state index contributed by atoms with van der Waals surface area (Å²) < 4.78 is 27.3. The van der Waals surface area contributed by atoms with Gasteiger partial charge in [0, 0.05) is 6.42 Å². The zero-order valence-electron chi connectivity index (χ0n) is 12.5. The van der Waals surface area contributed by atoms with E-state index >= 15 is 0 Å². The van der Waals surface area contributed by atoms with Gasteiger partial charge in [-0.1, -0.05) is 35.9 Å². The van der Waals surface area contributed by atoms with Gasteiger partial charge in [0.1, 0.15) is 6.04 Å². The summed E-state index contributed by atoms with van der Waals surface area (Å²) in [6.45, 7) is 3.34. The van der Waals surface area contributed by atoms with E-state index in [4.69, 9.17) is 0 Å². The molecule has 114 valence electrons. The zero-order valence-corrected chi connectivity index (χ0v) is 13.3. The van der Waals surface area contributed by atoms with E-state index in [1.807, 2.05) is 19.1 Å². The lowest BCUT2D eigenvalue weighted by molar-refractivity contribution is -0.117. The zero-order chi connectivity index (χ0) is 15.9. The Kier molecular flexibility index (Phi) is 3.53. The van der Waals surface area contributed by atoms with Gasteiger partial charge in [-0.05, 0) is 37.6 Å². The summed E-state index contributed by atoms with van der Waals surface area (Å²) >= 11 is 0. The van der Waals surface area contributed by atoms with Crippen LogP contribution >= 0.6 is 0 Å². The number of para-hydroxylation sites is 1. The number of sulfonamides is 1. The van der Waals surface area contributed by atoms with E-state index in [0.29, 0.717) is 12.1 Å². The van der Waals surface area contributed by atoms with Gasteiger partial charge in [0.2, 0.25) is 0 Å². The van der Waals surface area contributed by atoms with E-state index in [1.54, 1.807) is 36.4 Å². The molecular weight excluding hydrogens is 298 g/mol. The Bertz CT molecular complexity index is 825. The van der Waals surface area contributed by atoms with Crippen LogP contribution in [0.15, 0.2) is 53.4 Å². The van der Waals surface area contributed by atoms with Gasteiger partial charge >= 0.3 is 0 Å². The molecule has 5 heteroatoms. The Balaban J connectivity index is 2.14. The fraction of sp³-hybridized carbons (Fsp3) is 0.235. The maximum absolute atomic E-state index is 13.0. The molecule has 3 rings (SSSR count). The Hall–Kier alpha value is -2.14. The monoisotopic (exact) mass is 315 g/mol. The molecule has 0 unspecified atom stereocenters. The molecule has 2 aromatic rings. The average Bonchev–Trinajstić information content (AvgIpc) is 2.88. The van der Waals surface area contributed by atoms with Gasteiger partial charge in [-0.15, -0.1) is 0 Å². The number of fused-ring (bicyclic) bond motifs is 1. The van der Waals surface area contributed by atoms with Crippen molar-refractivity contribution in [3.63, 3.8) is 0 Å². The third-order valence-electron chi connectivity index (χ3n) is 3.97. The molecule has 0 radical (unpaired) electrons. The van der Waals surface area contributed by atoms with Crippen molar-refractivity contribution >= 4 is 21.5 Å². The van der Waals surface area contributed by atoms with Gasteiger partial charge in [-0.25, -0.2) is 8.42 Å². The molecule has 0 N–H and O–H groups in total. The Morgan fingerprint density at radius 2 is 1.73 bits per heavy atom. The Morgan fingerprint density at radius 3 is 2.36 bits per heavy atom. The van der Waals surface area contributed by atoms with Crippen LogP contribution in [0.3, 0.4) is 0 Å². The number of Topliss-reactive ketones (excluding diaryl/α,β-unsaturated/α-hetero) is 1. The van der Waals surface area contributed by atoms with Gasteiger partial charge in [0.05, 0.1) is 10.6 Å². The van der Waals surface area contributed by atoms with Crippen LogP contribution in [0, 0.1) is 6.92 Å². The second-order valence-electron chi connectivity index (χ2n) is 5.57. The van der Waals surface area contributed by atoms with Crippen LogP contribution in [0.4, 0.5) is 5.69 Å². The molecule has 0 aromatic heterocycles. The largest absolute Gasteiger partial charge is 0.298 e. The van der Waals surface area contributed by atoms with Crippen LogP contribution in [0.1, 0.15) is 18.1 Å². The van der Waals surface area contributed by atoms with Gasteiger partial charge in [-0.2, -0.15) is 0 Å². The van der Waals surface area contributed by atoms with Gasteiger partial charge in [0.25, 0.3) is 10.0 Å². The van der Waals surface area contributed by atoms with Crippen molar-refractivity contribution in [3.05, 3.63) is 59.7 Å². The third kappa shape index (κ3) is 2.31. The highest BCUT2D eigenvalue weighted by molar-refractivity contribution is 7.93. The second kappa shape index (κ2) is 5.25. The molecule has 0 saturated carbocycles. The van der Waals surface area contributed by atoms with Gasteiger partial charge < -0.3 is 0 Å². The average molecular weight is 315 g/mol. The SMILES string of the molecule is CC(=O)[C@H]1Cc2ccccc2N1S(=O)(=O)c1ccc(C)cc1. The van der Waals surface area contributed by atoms with E-state index < -0.39 is 16.1 Å². The standard InChI is InChI=1S/C17H17NO3S/c1-12-7-9-15(10-8-12)22(20,21)18-16-6-4-3-5-14(16)11-17(18)13(2)19/h3-10,17H,11H2,1-2H3/t17-/m1/s1. The first-order chi connectivity index (χ1) is 10.4. The van der Waals surface area contributed by atoms with Crippen molar-refractivity contribution in [1.82, 2.24) is 0 Å². The Labute approximate surface area is 130 Å². The van der Waals surface area contributed by atoms with E-state index in [9.17, 15) is 13.2 Å². The smallest absolute Gasteiger partial charge is 0.264 e. The number of carbonyl (C=O) groups excluding carboxylic acids is 1. The minimum Gasteiger partial charge on any atom is -0.298 e. The molecule has 22 heavy (non-hydrogen) atoms. The topological polar surface area (TPSA) is 54.5 Å². The summed E-state index contributed by atoms with van der Waals surface area (Å²) in [5.74, 6) is -0.146. The molecule has 2 aromatic carbocycles. The van der Waals surface area contributed by atoms with E-state index in [2.05, 4.69) is 0 Å². The maximum Gasteiger partial charge on any atom is 0.264 e. The quantitative estimate of drug-likeness (QED) is 0.875. The second-order valence-corrected chi connectivity index (χ2v) is 7.39. The van der Waals surface area contributed by atoms with Crippen molar-refractivity contribution in [2.75, 3.05) is 4.31 Å². The number of benzene rings is 2. The molecule has 0 spiro atoms. The normalized spacial score (nSPS) is 17.4. The van der Waals surface area contributed by atoms with Crippen LogP contribution < -0.4 is 4.31 Å². The van der Waals surface area contributed by atoms with Crippen molar-refractivity contribution in [1.29, 1.82) is 0 Å². The molecule has 1 heterocycles. The summed E-state index contributed by atoms with van der Waals surface area (Å²) in [5.41, 5.74) is 2.48. The number of hydrogen-bond acceptors (Lipinski definition) is 3. The summed E-state index contributed by atoms with van der Waals surface area (Å²) in [5, 5.41) is 0. The first-order valence-electron chi connectivity index (χ1n) is 7.11. The van der Waals surface area contributed by atoms with Crippen molar-refractivity contribution < 1.29 is 13.2 Å². The maximum atomic E-state index is 13.0. The van der Waals surface area contributed by atoms with Gasteiger partial charge in [-0.3, -0.25) is 9.10 Å². The minimum atomic E-state index is -3.75. The molecule has 1 atom stereocenters. The summed E-state index contributed by atoms with van der Waals surface area (Å²) in [4.78, 5) is 12.2. The lowest BCUT2D eigenvalue weighted by Gasteiger charge is -2.25. The fourth-order valence-electron chi connectivity index (χ4n) is 2.79. The third-order valence-corrected chi connectivity index (χ3v) is 5.81. The lowest BCUT2D eigenvalue weighted by Crippen LogP contribution is -2.41. The van der Waals surface area contributed by atoms with Crippen LogP contribution in [0.2, 0.25) is 0 Å². The highest BCUT2D eigenvalue weighted by Gasteiger charge is 2.40. The summed E-state index contributed by atoms with van der Waals surface area (Å²) in [7, 11) is -3.75. The van der Waals surface area contributed by atoms with Crippen LogP contribution in [-0.2, 0) is 21.2 Å². The number of carbonyl (C=O) groups is 1. The molecular formula is C17H17NO3S. The number of anilines is 1. The van der Waals surface area contributed by atoms with Crippen LogP contribution in [0.25, 0.3) is 0 Å². The molecule has 1 aliphatic rings. The molecule has 0 saturated heterocycles. The predicted octanol–water partition coefficient (Wildman–Crippen LogP) is 2.70. The molecule has 4 nitrogen and oxygen atoms in total. The minimum absolute atomic E-state index is 0.146. The first kappa shape index (κ1) is 14.8. The lowest BCUT2D eigenvalue weighted by atomic mass is 10.1. The summed E-state index contributed by atoms with van der Waals surface area (Å²) in [6.07, 6.45) is 0.427. The molecule has 0 amide bonds. The molecule has 0 fully saturated rings. The number of hydrogen-bond donors (Lipinski definition) is 0. The van der Waals surface area contributed by atoms with Crippen LogP contribution in [-0.4, -0.2) is 20.2 Å². The number of rotatable bonds is 3. The van der Waals surface area contributed by atoms with E-state index in [1.165, 1.54) is 11.2 Å². The fourth-order valence-corrected chi connectivity index (χ4v) is 4.49. The molecule has 0 bridgehead atoms. The van der Waals surface area contributed by atoms with E-state index in [0.717, 1.165) is 11.1 Å². The number of aryl methyl sites for hydroxylation is 1. The highest BCUT2D eigenvalue weighted by Crippen LogP contribution is 2.36. The highest BCUT2D eigenvalue weighted by atomic mass is 32.2. The van der Waals surface area contributed by atoms with Crippen molar-refractivity contribution in [2.45, 2.75) is 31.2 Å². The van der Waals surface area contributed by atoms with Crippen molar-refractivity contribution in [3.8, 4) is 0 Å².